The fourth-order valence-corrected chi connectivity index (χ4v) is 2.18. The predicted octanol–water partition coefficient (Wildman–Crippen LogP) is 3.65. The molecule has 3 nitrogen and oxygen atoms in total. The molecule has 19 heavy (non-hydrogen) atoms. The van der Waals surface area contributed by atoms with Gasteiger partial charge >= 0.3 is 0 Å². The van der Waals surface area contributed by atoms with Crippen molar-refractivity contribution in [3.8, 4) is 0 Å². The Bertz CT molecular complexity index is 538. The molecule has 104 valence electrons. The molecular formula is C15H20FNO2. The zero-order valence-corrected chi connectivity index (χ0v) is 11.6. The van der Waals surface area contributed by atoms with E-state index in [-0.39, 0.29) is 18.0 Å². The van der Waals surface area contributed by atoms with Crippen LogP contribution in [0.1, 0.15) is 32.1 Å². The number of ether oxygens (including phenoxy) is 1. The van der Waals surface area contributed by atoms with Gasteiger partial charge in [-0.3, -0.25) is 0 Å². The van der Waals surface area contributed by atoms with Crippen molar-refractivity contribution in [3.05, 3.63) is 35.8 Å². The highest BCUT2D eigenvalue weighted by molar-refractivity contribution is 5.78. The molecule has 1 aromatic heterocycles. The largest absolute Gasteiger partial charge is 0.459 e. The fourth-order valence-electron chi connectivity index (χ4n) is 2.18. The van der Waals surface area contributed by atoms with E-state index >= 15 is 0 Å². The molecule has 0 spiro atoms. The van der Waals surface area contributed by atoms with Crippen molar-refractivity contribution >= 4 is 11.0 Å². The normalized spacial score (nSPS) is 14.7. The van der Waals surface area contributed by atoms with E-state index in [1.54, 1.807) is 13.2 Å². The minimum absolute atomic E-state index is 0.0791. The highest BCUT2D eigenvalue weighted by atomic mass is 19.1. The molecule has 1 heterocycles. The monoisotopic (exact) mass is 265 g/mol. The van der Waals surface area contributed by atoms with E-state index in [9.17, 15) is 4.39 Å². The number of fused-ring (bicyclic) bond motifs is 1. The van der Waals surface area contributed by atoms with Crippen LogP contribution in [0.2, 0.25) is 0 Å². The molecule has 0 saturated heterocycles. The first-order chi connectivity index (χ1) is 9.13. The molecule has 0 saturated carbocycles. The van der Waals surface area contributed by atoms with Gasteiger partial charge in [0, 0.05) is 12.5 Å². The number of nitrogens with one attached hydrogen (secondary N) is 1. The summed E-state index contributed by atoms with van der Waals surface area (Å²) < 4.78 is 24.3. The summed E-state index contributed by atoms with van der Waals surface area (Å²) in [6, 6.07) is 6.54. The maximum absolute atomic E-state index is 13.2. The Morgan fingerprint density at radius 2 is 2.16 bits per heavy atom. The third-order valence-corrected chi connectivity index (χ3v) is 3.26. The van der Waals surface area contributed by atoms with Crippen LogP contribution in [0, 0.1) is 5.82 Å². The van der Waals surface area contributed by atoms with Crippen molar-refractivity contribution in [1.82, 2.24) is 5.32 Å². The molecule has 0 aliphatic rings. The Morgan fingerprint density at radius 1 is 1.37 bits per heavy atom. The van der Waals surface area contributed by atoms with Gasteiger partial charge in [0.05, 0.1) is 12.1 Å². The molecule has 0 amide bonds. The standard InChI is InChI=1S/C15H20FNO2/c1-4-17-13(7-10(2)18-3)15-9-11-8-12(16)5-6-14(11)19-15/h5-6,8-10,13,17H,4,7H2,1-3H3. The zero-order valence-electron chi connectivity index (χ0n) is 11.6. The lowest BCUT2D eigenvalue weighted by Gasteiger charge is -2.19. The SMILES string of the molecule is CCNC(CC(C)OC)c1cc2cc(F)ccc2o1. The topological polar surface area (TPSA) is 34.4 Å². The van der Waals surface area contributed by atoms with E-state index < -0.39 is 0 Å². The van der Waals surface area contributed by atoms with Crippen LogP contribution >= 0.6 is 0 Å². The van der Waals surface area contributed by atoms with Crippen molar-refractivity contribution in [3.63, 3.8) is 0 Å². The fraction of sp³-hybridized carbons (Fsp3) is 0.467. The first-order valence-corrected chi connectivity index (χ1v) is 6.59. The second kappa shape index (κ2) is 6.17. The third-order valence-electron chi connectivity index (χ3n) is 3.26. The van der Waals surface area contributed by atoms with Gasteiger partial charge in [0.15, 0.2) is 0 Å². The van der Waals surface area contributed by atoms with Gasteiger partial charge in [-0.05, 0) is 44.2 Å². The van der Waals surface area contributed by atoms with Gasteiger partial charge in [-0.1, -0.05) is 6.92 Å². The van der Waals surface area contributed by atoms with Crippen molar-refractivity contribution in [2.24, 2.45) is 0 Å². The summed E-state index contributed by atoms with van der Waals surface area (Å²) in [5.74, 6) is 0.580. The number of methoxy groups -OCH3 is 1. The Morgan fingerprint density at radius 3 is 2.84 bits per heavy atom. The van der Waals surface area contributed by atoms with E-state index in [0.717, 1.165) is 24.1 Å². The van der Waals surface area contributed by atoms with Gasteiger partial charge < -0.3 is 14.5 Å². The van der Waals surface area contributed by atoms with Crippen LogP contribution in [-0.2, 0) is 4.74 Å². The van der Waals surface area contributed by atoms with Crippen molar-refractivity contribution in [1.29, 1.82) is 0 Å². The molecule has 1 aromatic carbocycles. The smallest absolute Gasteiger partial charge is 0.134 e. The van der Waals surface area contributed by atoms with Gasteiger partial charge in [0.25, 0.3) is 0 Å². The maximum atomic E-state index is 13.2. The van der Waals surface area contributed by atoms with Crippen LogP contribution < -0.4 is 5.32 Å². The highest BCUT2D eigenvalue weighted by Crippen LogP contribution is 2.27. The molecule has 0 radical (unpaired) electrons. The van der Waals surface area contributed by atoms with E-state index in [1.165, 1.54) is 12.1 Å². The average Bonchev–Trinajstić information content (AvgIpc) is 2.80. The molecule has 1 N–H and O–H groups in total. The highest BCUT2D eigenvalue weighted by Gasteiger charge is 2.18. The van der Waals surface area contributed by atoms with Gasteiger partial charge in [-0.15, -0.1) is 0 Å². The van der Waals surface area contributed by atoms with Gasteiger partial charge in [0.1, 0.15) is 17.2 Å². The molecule has 0 fully saturated rings. The summed E-state index contributed by atoms with van der Waals surface area (Å²) in [6.07, 6.45) is 0.945. The van der Waals surface area contributed by atoms with Crippen LogP contribution in [0.4, 0.5) is 4.39 Å². The van der Waals surface area contributed by atoms with Crippen molar-refractivity contribution < 1.29 is 13.5 Å². The second-order valence-electron chi connectivity index (χ2n) is 4.72. The van der Waals surface area contributed by atoms with Crippen LogP contribution in [0.15, 0.2) is 28.7 Å². The van der Waals surface area contributed by atoms with Gasteiger partial charge in [-0.25, -0.2) is 4.39 Å². The van der Waals surface area contributed by atoms with E-state index in [4.69, 9.17) is 9.15 Å². The summed E-state index contributed by atoms with van der Waals surface area (Å²) >= 11 is 0. The minimum Gasteiger partial charge on any atom is -0.459 e. The van der Waals surface area contributed by atoms with Crippen LogP contribution in [0.25, 0.3) is 11.0 Å². The number of hydrogen-bond donors (Lipinski definition) is 1. The number of hydrogen-bond acceptors (Lipinski definition) is 3. The molecular weight excluding hydrogens is 245 g/mol. The van der Waals surface area contributed by atoms with Crippen molar-refractivity contribution in [2.75, 3.05) is 13.7 Å². The Kier molecular flexibility index (Phi) is 4.56. The second-order valence-corrected chi connectivity index (χ2v) is 4.72. The first-order valence-electron chi connectivity index (χ1n) is 6.59. The molecule has 0 aliphatic carbocycles. The van der Waals surface area contributed by atoms with E-state index in [0.29, 0.717) is 5.58 Å². The molecule has 4 heteroatoms. The quantitative estimate of drug-likeness (QED) is 0.865. The lowest BCUT2D eigenvalue weighted by molar-refractivity contribution is 0.0980. The summed E-state index contributed by atoms with van der Waals surface area (Å²) in [6.45, 7) is 4.91. The minimum atomic E-state index is -0.245. The predicted molar refractivity (Wildman–Crippen MR) is 73.7 cm³/mol. The zero-order chi connectivity index (χ0) is 13.8. The molecule has 0 aliphatic heterocycles. The number of furan rings is 1. The average molecular weight is 265 g/mol. The lowest BCUT2D eigenvalue weighted by atomic mass is 10.1. The first kappa shape index (κ1) is 14.0. The molecule has 2 atom stereocenters. The number of rotatable bonds is 6. The molecule has 2 unspecified atom stereocenters. The van der Waals surface area contributed by atoms with Crippen molar-refractivity contribution in [2.45, 2.75) is 32.4 Å². The van der Waals surface area contributed by atoms with Gasteiger partial charge in [0.2, 0.25) is 0 Å². The van der Waals surface area contributed by atoms with Gasteiger partial charge in [-0.2, -0.15) is 0 Å². The third kappa shape index (κ3) is 3.33. The lowest BCUT2D eigenvalue weighted by Crippen LogP contribution is -2.24. The Balaban J connectivity index is 2.27. The molecule has 2 rings (SSSR count). The summed E-state index contributed by atoms with van der Waals surface area (Å²) in [4.78, 5) is 0. The summed E-state index contributed by atoms with van der Waals surface area (Å²) in [7, 11) is 1.70. The van der Waals surface area contributed by atoms with Crippen LogP contribution in [0.3, 0.4) is 0 Å². The maximum Gasteiger partial charge on any atom is 0.134 e. The van der Waals surface area contributed by atoms with Crippen LogP contribution in [0.5, 0.6) is 0 Å². The Labute approximate surface area is 112 Å². The Hall–Kier alpha value is -1.39. The molecule has 0 bridgehead atoms. The van der Waals surface area contributed by atoms with E-state index in [1.807, 2.05) is 19.9 Å². The summed E-state index contributed by atoms with van der Waals surface area (Å²) in [5, 5.41) is 4.17. The van der Waals surface area contributed by atoms with Crippen LogP contribution in [-0.4, -0.2) is 19.8 Å². The number of benzene rings is 1. The molecule has 2 aromatic rings. The number of halogens is 1. The summed E-state index contributed by atoms with van der Waals surface area (Å²) in [5.41, 5.74) is 0.712. The van der Waals surface area contributed by atoms with E-state index in [2.05, 4.69) is 5.32 Å².